The molecular formula is C21H30N4O. The number of nitrogens with one attached hydrogen (secondary N) is 2. The van der Waals surface area contributed by atoms with Crippen LogP contribution in [-0.2, 0) is 13.1 Å². The minimum absolute atomic E-state index is 0.380. The SMILES string of the molecule is CN=C(NCc1cccc(OC)c1)NCC(C)N(C)Cc1ccccc1. The number of rotatable bonds is 8. The lowest BCUT2D eigenvalue weighted by Crippen LogP contribution is -2.44. The molecule has 2 N–H and O–H groups in total. The first-order valence-electron chi connectivity index (χ1n) is 8.94. The third kappa shape index (κ3) is 6.41. The molecule has 2 rings (SSSR count). The zero-order valence-electron chi connectivity index (χ0n) is 16.2. The zero-order chi connectivity index (χ0) is 18.8. The fraction of sp³-hybridized carbons (Fsp3) is 0.381. The normalized spacial score (nSPS) is 12.7. The van der Waals surface area contributed by atoms with Crippen LogP contribution in [0.3, 0.4) is 0 Å². The van der Waals surface area contributed by atoms with Gasteiger partial charge in [0.05, 0.1) is 7.11 Å². The summed E-state index contributed by atoms with van der Waals surface area (Å²) in [4.78, 5) is 6.64. The van der Waals surface area contributed by atoms with Crippen molar-refractivity contribution in [1.29, 1.82) is 0 Å². The molecule has 0 bridgehead atoms. The molecule has 0 fully saturated rings. The number of likely N-dealkylation sites (N-methyl/N-ethyl adjacent to an activating group) is 1. The van der Waals surface area contributed by atoms with Crippen molar-refractivity contribution in [3.8, 4) is 5.75 Å². The van der Waals surface area contributed by atoms with Gasteiger partial charge in [-0.2, -0.15) is 0 Å². The maximum atomic E-state index is 5.26. The quantitative estimate of drug-likeness (QED) is 0.565. The van der Waals surface area contributed by atoms with Gasteiger partial charge in [-0.25, -0.2) is 0 Å². The Morgan fingerprint density at radius 3 is 2.50 bits per heavy atom. The highest BCUT2D eigenvalue weighted by Crippen LogP contribution is 2.12. The Balaban J connectivity index is 1.78. The van der Waals surface area contributed by atoms with Crippen LogP contribution in [0.25, 0.3) is 0 Å². The predicted molar refractivity (Wildman–Crippen MR) is 109 cm³/mol. The van der Waals surface area contributed by atoms with E-state index in [0.29, 0.717) is 12.6 Å². The molecule has 0 radical (unpaired) electrons. The molecule has 0 aliphatic heterocycles. The molecule has 0 spiro atoms. The Morgan fingerprint density at radius 2 is 1.81 bits per heavy atom. The summed E-state index contributed by atoms with van der Waals surface area (Å²) in [6, 6.07) is 18.9. The summed E-state index contributed by atoms with van der Waals surface area (Å²) in [5.74, 6) is 1.66. The van der Waals surface area contributed by atoms with E-state index >= 15 is 0 Å². The zero-order valence-corrected chi connectivity index (χ0v) is 16.2. The van der Waals surface area contributed by atoms with Crippen molar-refractivity contribution in [3.63, 3.8) is 0 Å². The van der Waals surface area contributed by atoms with Crippen LogP contribution in [0.4, 0.5) is 0 Å². The summed E-state index contributed by atoms with van der Waals surface area (Å²) in [5.41, 5.74) is 2.48. The largest absolute Gasteiger partial charge is 0.497 e. The molecule has 0 aliphatic carbocycles. The van der Waals surface area contributed by atoms with Crippen LogP contribution in [-0.4, -0.2) is 44.7 Å². The van der Waals surface area contributed by atoms with Gasteiger partial charge in [-0.05, 0) is 37.2 Å². The topological polar surface area (TPSA) is 48.9 Å². The first kappa shape index (κ1) is 19.8. The van der Waals surface area contributed by atoms with Gasteiger partial charge in [0.1, 0.15) is 5.75 Å². The first-order valence-corrected chi connectivity index (χ1v) is 8.94. The van der Waals surface area contributed by atoms with Crippen LogP contribution in [0, 0.1) is 0 Å². The third-order valence-corrected chi connectivity index (χ3v) is 4.41. The highest BCUT2D eigenvalue weighted by atomic mass is 16.5. The summed E-state index contributed by atoms with van der Waals surface area (Å²) in [6.07, 6.45) is 0. The van der Waals surface area contributed by atoms with Gasteiger partial charge in [-0.3, -0.25) is 9.89 Å². The summed E-state index contributed by atoms with van der Waals surface area (Å²) in [7, 11) is 5.62. The molecule has 26 heavy (non-hydrogen) atoms. The van der Waals surface area contributed by atoms with Crippen molar-refractivity contribution >= 4 is 5.96 Å². The van der Waals surface area contributed by atoms with E-state index in [0.717, 1.165) is 30.4 Å². The molecule has 0 aromatic heterocycles. The molecule has 0 saturated heterocycles. The number of hydrogen-bond acceptors (Lipinski definition) is 3. The predicted octanol–water partition coefficient (Wildman–Crippen LogP) is 2.88. The van der Waals surface area contributed by atoms with Gasteiger partial charge in [0.2, 0.25) is 0 Å². The second kappa shape index (κ2) is 10.5. The van der Waals surface area contributed by atoms with E-state index in [1.807, 2.05) is 24.3 Å². The van der Waals surface area contributed by atoms with Crippen LogP contribution in [0.2, 0.25) is 0 Å². The van der Waals surface area contributed by atoms with E-state index in [9.17, 15) is 0 Å². The molecule has 0 amide bonds. The van der Waals surface area contributed by atoms with Crippen LogP contribution in [0.5, 0.6) is 5.75 Å². The van der Waals surface area contributed by atoms with Gasteiger partial charge in [-0.15, -0.1) is 0 Å². The monoisotopic (exact) mass is 354 g/mol. The second-order valence-electron chi connectivity index (χ2n) is 6.41. The standard InChI is InChI=1S/C21H30N4O/c1-17(25(3)16-18-9-6-5-7-10-18)14-23-21(22-2)24-15-19-11-8-12-20(13-19)26-4/h5-13,17H,14-16H2,1-4H3,(H2,22,23,24). The summed E-state index contributed by atoms with van der Waals surface area (Å²) >= 11 is 0. The van der Waals surface area contributed by atoms with Crippen LogP contribution in [0.15, 0.2) is 59.6 Å². The van der Waals surface area contributed by atoms with E-state index in [4.69, 9.17) is 4.74 Å². The van der Waals surface area contributed by atoms with Gasteiger partial charge in [0, 0.05) is 32.7 Å². The lowest BCUT2D eigenvalue weighted by atomic mass is 10.2. The average Bonchev–Trinajstić information content (AvgIpc) is 2.68. The molecule has 2 aromatic rings. The Labute approximate surface area is 157 Å². The number of ether oxygens (including phenoxy) is 1. The lowest BCUT2D eigenvalue weighted by Gasteiger charge is -2.25. The smallest absolute Gasteiger partial charge is 0.191 e. The van der Waals surface area contributed by atoms with Crippen molar-refractivity contribution in [2.24, 2.45) is 4.99 Å². The van der Waals surface area contributed by atoms with Crippen LogP contribution in [0.1, 0.15) is 18.1 Å². The lowest BCUT2D eigenvalue weighted by molar-refractivity contribution is 0.249. The highest BCUT2D eigenvalue weighted by Gasteiger charge is 2.10. The molecule has 5 nitrogen and oxygen atoms in total. The molecule has 0 heterocycles. The molecule has 0 aliphatic rings. The fourth-order valence-electron chi connectivity index (χ4n) is 2.62. The van der Waals surface area contributed by atoms with Crippen molar-refractivity contribution in [3.05, 3.63) is 65.7 Å². The van der Waals surface area contributed by atoms with E-state index in [-0.39, 0.29) is 0 Å². The number of nitrogens with zero attached hydrogens (tertiary/aromatic N) is 2. The highest BCUT2D eigenvalue weighted by molar-refractivity contribution is 5.79. The summed E-state index contributed by atoms with van der Waals surface area (Å²) < 4.78 is 5.26. The first-order chi connectivity index (χ1) is 12.6. The van der Waals surface area contributed by atoms with Crippen molar-refractivity contribution < 1.29 is 4.74 Å². The maximum absolute atomic E-state index is 5.26. The van der Waals surface area contributed by atoms with Gasteiger partial charge in [0.15, 0.2) is 5.96 Å². The van der Waals surface area contributed by atoms with Crippen LogP contribution >= 0.6 is 0 Å². The molecule has 140 valence electrons. The van der Waals surface area contributed by atoms with Crippen molar-refractivity contribution in [1.82, 2.24) is 15.5 Å². The van der Waals surface area contributed by atoms with E-state index in [1.54, 1.807) is 14.2 Å². The average molecular weight is 354 g/mol. The van der Waals surface area contributed by atoms with Crippen LogP contribution < -0.4 is 15.4 Å². The molecule has 1 atom stereocenters. The number of hydrogen-bond donors (Lipinski definition) is 2. The van der Waals surface area contributed by atoms with Gasteiger partial charge >= 0.3 is 0 Å². The van der Waals surface area contributed by atoms with E-state index < -0.39 is 0 Å². The molecule has 1 unspecified atom stereocenters. The minimum atomic E-state index is 0.380. The molecule has 2 aromatic carbocycles. The molecule has 5 heteroatoms. The maximum Gasteiger partial charge on any atom is 0.191 e. The van der Waals surface area contributed by atoms with E-state index in [1.165, 1.54) is 5.56 Å². The summed E-state index contributed by atoms with van der Waals surface area (Å²) in [6.45, 7) is 4.66. The number of aliphatic imine (C=N–C) groups is 1. The number of benzene rings is 2. The summed E-state index contributed by atoms with van der Waals surface area (Å²) in [5, 5.41) is 6.75. The number of methoxy groups -OCH3 is 1. The Morgan fingerprint density at radius 1 is 1.08 bits per heavy atom. The second-order valence-corrected chi connectivity index (χ2v) is 6.41. The van der Waals surface area contributed by atoms with E-state index in [2.05, 4.69) is 64.8 Å². The van der Waals surface area contributed by atoms with Gasteiger partial charge < -0.3 is 15.4 Å². The molecule has 0 saturated carbocycles. The Bertz CT molecular complexity index is 687. The third-order valence-electron chi connectivity index (χ3n) is 4.41. The Hall–Kier alpha value is -2.53. The van der Waals surface area contributed by atoms with Crippen molar-refractivity contribution in [2.45, 2.75) is 26.1 Å². The molecular weight excluding hydrogens is 324 g/mol. The minimum Gasteiger partial charge on any atom is -0.497 e. The number of guanidine groups is 1. The fourth-order valence-corrected chi connectivity index (χ4v) is 2.62. The Kier molecular flexibility index (Phi) is 7.96. The van der Waals surface area contributed by atoms with Gasteiger partial charge in [-0.1, -0.05) is 42.5 Å². The van der Waals surface area contributed by atoms with Gasteiger partial charge in [0.25, 0.3) is 0 Å². The van der Waals surface area contributed by atoms with Crippen molar-refractivity contribution in [2.75, 3.05) is 27.7 Å².